The second-order valence-electron chi connectivity index (χ2n) is 7.44. The van der Waals surface area contributed by atoms with Gasteiger partial charge in [0, 0.05) is 18.9 Å². The van der Waals surface area contributed by atoms with Crippen LogP contribution in [-0.2, 0) is 16.1 Å². The topological polar surface area (TPSA) is 77.7 Å². The number of carbonyl (C=O) groups excluding carboxylic acids is 1. The summed E-state index contributed by atoms with van der Waals surface area (Å²) < 4.78 is 17.1. The molecule has 144 valence electrons. The predicted octanol–water partition coefficient (Wildman–Crippen LogP) is 2.52. The fourth-order valence-electron chi connectivity index (χ4n) is 4.02. The number of hydrogen-bond acceptors (Lipinski definition) is 6. The van der Waals surface area contributed by atoms with E-state index in [1.165, 1.54) is 6.39 Å². The molecule has 2 aromatic rings. The van der Waals surface area contributed by atoms with Gasteiger partial charge in [-0.05, 0) is 44.7 Å². The zero-order valence-electron chi connectivity index (χ0n) is 15.8. The number of aromatic nitrogens is 2. The van der Waals surface area contributed by atoms with Crippen LogP contribution in [0, 0.1) is 19.8 Å². The van der Waals surface area contributed by atoms with Crippen molar-refractivity contribution >= 4 is 5.91 Å². The first-order valence-electron chi connectivity index (χ1n) is 9.41. The highest BCUT2D eigenvalue weighted by Gasteiger charge is 2.54. The molecule has 2 fully saturated rings. The molecular weight excluding hydrogens is 346 g/mol. The van der Waals surface area contributed by atoms with E-state index in [4.69, 9.17) is 13.9 Å². The Bertz CT molecular complexity index is 813. The summed E-state index contributed by atoms with van der Waals surface area (Å²) in [5.41, 5.74) is 2.35. The normalized spacial score (nSPS) is 20.8. The lowest BCUT2D eigenvalue weighted by Gasteiger charge is -2.50. The van der Waals surface area contributed by atoms with Crippen molar-refractivity contribution in [3.8, 4) is 0 Å². The van der Waals surface area contributed by atoms with Crippen LogP contribution < -0.4 is 0 Å². The molecule has 4 heterocycles. The largest absolute Gasteiger partial charge is 0.438 e. The van der Waals surface area contributed by atoms with Crippen LogP contribution in [0.1, 0.15) is 40.5 Å². The molecule has 0 radical (unpaired) electrons. The van der Waals surface area contributed by atoms with Gasteiger partial charge in [-0.3, -0.25) is 9.78 Å². The van der Waals surface area contributed by atoms with Gasteiger partial charge < -0.3 is 18.8 Å². The molecule has 1 atom stereocenters. The van der Waals surface area contributed by atoms with E-state index < -0.39 is 0 Å². The van der Waals surface area contributed by atoms with Crippen molar-refractivity contribution in [3.05, 3.63) is 47.4 Å². The predicted molar refractivity (Wildman–Crippen MR) is 97.2 cm³/mol. The summed E-state index contributed by atoms with van der Waals surface area (Å²) >= 11 is 0. The third-order valence-corrected chi connectivity index (χ3v) is 5.55. The average Bonchev–Trinajstić information content (AvgIpc) is 3.23. The van der Waals surface area contributed by atoms with Crippen LogP contribution in [0.2, 0.25) is 0 Å². The molecule has 1 spiro atoms. The summed E-state index contributed by atoms with van der Waals surface area (Å²) in [6.07, 6.45) is 3.25. The molecule has 0 bridgehead atoms. The zero-order valence-corrected chi connectivity index (χ0v) is 15.8. The van der Waals surface area contributed by atoms with E-state index in [1.807, 2.05) is 25.1 Å². The first-order valence-corrected chi connectivity index (χ1v) is 9.41. The zero-order chi connectivity index (χ0) is 18.9. The van der Waals surface area contributed by atoms with Gasteiger partial charge >= 0.3 is 0 Å². The molecule has 0 unspecified atom stereocenters. The number of rotatable bonds is 6. The van der Waals surface area contributed by atoms with Crippen molar-refractivity contribution in [1.82, 2.24) is 14.9 Å². The summed E-state index contributed by atoms with van der Waals surface area (Å²) in [7, 11) is 0. The molecule has 2 saturated heterocycles. The van der Waals surface area contributed by atoms with Crippen molar-refractivity contribution < 1.29 is 18.7 Å². The molecule has 0 aliphatic carbocycles. The van der Waals surface area contributed by atoms with Crippen molar-refractivity contribution in [3.63, 3.8) is 0 Å². The summed E-state index contributed by atoms with van der Waals surface area (Å²) in [6.45, 7) is 6.91. The molecule has 7 heteroatoms. The van der Waals surface area contributed by atoms with E-state index in [0.29, 0.717) is 43.7 Å². The van der Waals surface area contributed by atoms with Crippen LogP contribution in [0.4, 0.5) is 0 Å². The summed E-state index contributed by atoms with van der Waals surface area (Å²) in [4.78, 5) is 22.7. The average molecular weight is 371 g/mol. The fourth-order valence-corrected chi connectivity index (χ4v) is 4.02. The van der Waals surface area contributed by atoms with E-state index >= 15 is 0 Å². The highest BCUT2D eigenvalue weighted by atomic mass is 16.5. The smallest absolute Gasteiger partial charge is 0.291 e. The molecule has 0 aromatic carbocycles. The van der Waals surface area contributed by atoms with E-state index in [9.17, 15) is 4.79 Å². The Balaban J connectivity index is 1.26. The number of nitrogens with zero attached hydrogens (tertiary/aromatic N) is 3. The van der Waals surface area contributed by atoms with E-state index in [-0.39, 0.29) is 11.5 Å². The Hall–Kier alpha value is -2.25. The van der Waals surface area contributed by atoms with E-state index in [2.05, 4.69) is 9.97 Å². The molecule has 2 aliphatic rings. The number of pyridine rings is 1. The maximum atomic E-state index is 12.5. The number of carbonyl (C=O) groups is 1. The van der Waals surface area contributed by atoms with Gasteiger partial charge in [0.05, 0.1) is 31.1 Å². The monoisotopic (exact) mass is 371 g/mol. The Morgan fingerprint density at radius 1 is 1.37 bits per heavy atom. The van der Waals surface area contributed by atoms with Crippen molar-refractivity contribution in [2.75, 3.05) is 26.3 Å². The molecule has 4 rings (SSSR count). The first-order chi connectivity index (χ1) is 13.1. The van der Waals surface area contributed by atoms with Gasteiger partial charge in [0.2, 0.25) is 5.76 Å². The minimum Gasteiger partial charge on any atom is -0.438 e. The van der Waals surface area contributed by atoms with Crippen LogP contribution in [0.25, 0.3) is 0 Å². The Labute approximate surface area is 158 Å². The maximum Gasteiger partial charge on any atom is 0.291 e. The summed E-state index contributed by atoms with van der Waals surface area (Å²) in [6, 6.07) is 5.96. The highest BCUT2D eigenvalue weighted by molar-refractivity contribution is 5.93. The molecule has 2 aliphatic heterocycles. The molecule has 27 heavy (non-hydrogen) atoms. The molecule has 0 N–H and O–H groups in total. The number of likely N-dealkylation sites (tertiary alicyclic amines) is 1. The third-order valence-electron chi connectivity index (χ3n) is 5.55. The second-order valence-corrected chi connectivity index (χ2v) is 7.44. The minimum atomic E-state index is -0.228. The molecular formula is C20H25N3O4. The van der Waals surface area contributed by atoms with Gasteiger partial charge in [-0.2, -0.15) is 0 Å². The van der Waals surface area contributed by atoms with Crippen molar-refractivity contribution in [1.29, 1.82) is 0 Å². The van der Waals surface area contributed by atoms with Gasteiger partial charge in [0.25, 0.3) is 5.91 Å². The molecule has 1 amide bonds. The lowest BCUT2D eigenvalue weighted by Crippen LogP contribution is -2.66. The van der Waals surface area contributed by atoms with Crippen LogP contribution in [-0.4, -0.2) is 52.7 Å². The Morgan fingerprint density at radius 2 is 2.22 bits per heavy atom. The van der Waals surface area contributed by atoms with Crippen LogP contribution >= 0.6 is 0 Å². The maximum absolute atomic E-state index is 12.5. The first kappa shape index (κ1) is 18.1. The quantitative estimate of drug-likeness (QED) is 0.726. The minimum absolute atomic E-state index is 0.105. The van der Waals surface area contributed by atoms with Crippen LogP contribution in [0.5, 0.6) is 0 Å². The van der Waals surface area contributed by atoms with Crippen LogP contribution in [0.3, 0.4) is 0 Å². The standard InChI is InChI=1S/C20H25N3O4/c1-14-4-3-5-17(22-14)10-25-8-6-16-7-9-27-20(16)11-23(12-20)19(24)18-15(2)21-13-26-18/h3-5,13,16H,6-12H2,1-2H3/t16-/m1/s1. The summed E-state index contributed by atoms with van der Waals surface area (Å²) in [5, 5.41) is 0. The number of amides is 1. The Morgan fingerprint density at radius 3 is 2.96 bits per heavy atom. The van der Waals surface area contributed by atoms with Gasteiger partial charge in [-0.1, -0.05) is 6.07 Å². The molecule has 2 aromatic heterocycles. The second kappa shape index (κ2) is 7.40. The number of hydrogen-bond donors (Lipinski definition) is 0. The van der Waals surface area contributed by atoms with E-state index in [1.54, 1.807) is 11.8 Å². The summed E-state index contributed by atoms with van der Waals surface area (Å²) in [5.74, 6) is 0.628. The van der Waals surface area contributed by atoms with Gasteiger partial charge in [-0.15, -0.1) is 0 Å². The fraction of sp³-hybridized carbons (Fsp3) is 0.550. The highest BCUT2D eigenvalue weighted by Crippen LogP contribution is 2.42. The Kier molecular flexibility index (Phi) is 4.97. The molecule has 7 nitrogen and oxygen atoms in total. The third kappa shape index (κ3) is 3.61. The number of ether oxygens (including phenoxy) is 2. The number of aryl methyl sites for hydroxylation is 2. The van der Waals surface area contributed by atoms with Gasteiger partial charge in [-0.25, -0.2) is 4.98 Å². The van der Waals surface area contributed by atoms with E-state index in [0.717, 1.165) is 30.8 Å². The van der Waals surface area contributed by atoms with Gasteiger partial charge in [0.1, 0.15) is 5.60 Å². The van der Waals surface area contributed by atoms with Crippen molar-refractivity contribution in [2.45, 2.75) is 38.9 Å². The number of oxazole rings is 1. The SMILES string of the molecule is Cc1cccc(COCC[C@@H]2CCOC23CN(C(=O)c2ocnc2C)C3)n1. The lowest BCUT2D eigenvalue weighted by molar-refractivity contribution is -0.121. The van der Waals surface area contributed by atoms with Crippen molar-refractivity contribution in [2.24, 2.45) is 5.92 Å². The van der Waals surface area contributed by atoms with Crippen LogP contribution in [0.15, 0.2) is 29.0 Å². The van der Waals surface area contributed by atoms with Gasteiger partial charge in [0.15, 0.2) is 6.39 Å². The lowest BCUT2D eigenvalue weighted by atomic mass is 9.79. The molecule has 0 saturated carbocycles.